The van der Waals surface area contributed by atoms with E-state index in [1.54, 1.807) is 49.6 Å². The van der Waals surface area contributed by atoms with Crippen molar-refractivity contribution in [2.45, 2.75) is 0 Å². The molecule has 1 saturated heterocycles. The van der Waals surface area contributed by atoms with E-state index in [0.717, 1.165) is 0 Å². The first-order valence-corrected chi connectivity index (χ1v) is 9.62. The molecule has 4 rings (SSSR count). The van der Waals surface area contributed by atoms with Crippen molar-refractivity contribution in [3.05, 3.63) is 81.4 Å². The van der Waals surface area contributed by atoms with Crippen molar-refractivity contribution in [2.24, 2.45) is 4.99 Å². The number of amidine groups is 1. The number of hydrogen-bond acceptors (Lipinski definition) is 7. The maximum atomic E-state index is 12.3. The van der Waals surface area contributed by atoms with Crippen LogP contribution < -0.4 is 10.1 Å². The molecule has 1 N–H and O–H groups in total. The number of hydrogen-bond donors (Lipinski definition) is 1. The second-order valence-corrected chi connectivity index (χ2v) is 7.19. The number of thioether (sulfide) groups is 1. The topological polar surface area (TPSA) is 107 Å². The maximum Gasteiger partial charge on any atom is 0.270 e. The monoisotopic (exact) mass is 421 g/mol. The van der Waals surface area contributed by atoms with Crippen LogP contribution in [-0.4, -0.2) is 23.1 Å². The normalized spacial score (nSPS) is 16.1. The number of para-hydroxylation sites is 2. The quantitative estimate of drug-likeness (QED) is 0.362. The van der Waals surface area contributed by atoms with E-state index in [1.807, 2.05) is 12.1 Å². The largest absolute Gasteiger partial charge is 0.494 e. The highest BCUT2D eigenvalue weighted by Gasteiger charge is 2.24. The molecule has 0 spiro atoms. The number of carbonyl (C=O) groups excluding carboxylic acids is 1. The van der Waals surface area contributed by atoms with Crippen LogP contribution in [0.2, 0.25) is 0 Å². The smallest absolute Gasteiger partial charge is 0.270 e. The average molecular weight is 421 g/mol. The van der Waals surface area contributed by atoms with Crippen LogP contribution in [0.3, 0.4) is 0 Å². The van der Waals surface area contributed by atoms with Crippen LogP contribution >= 0.6 is 11.8 Å². The van der Waals surface area contributed by atoms with E-state index < -0.39 is 4.92 Å². The molecule has 9 heteroatoms. The van der Waals surface area contributed by atoms with Crippen molar-refractivity contribution in [3.63, 3.8) is 0 Å². The minimum Gasteiger partial charge on any atom is -0.494 e. The van der Waals surface area contributed by atoms with Gasteiger partial charge >= 0.3 is 0 Å². The van der Waals surface area contributed by atoms with E-state index in [0.29, 0.717) is 38.6 Å². The van der Waals surface area contributed by atoms with Gasteiger partial charge in [0.05, 0.1) is 16.9 Å². The fraction of sp³-hybridized carbons (Fsp3) is 0.0476. The number of nitro benzene ring substituents is 1. The molecule has 0 radical (unpaired) electrons. The van der Waals surface area contributed by atoms with Crippen LogP contribution in [0.25, 0.3) is 17.4 Å². The summed E-state index contributed by atoms with van der Waals surface area (Å²) in [7, 11) is 1.56. The lowest BCUT2D eigenvalue weighted by Gasteiger charge is -2.03. The number of amides is 1. The fourth-order valence-electron chi connectivity index (χ4n) is 2.80. The van der Waals surface area contributed by atoms with Crippen molar-refractivity contribution < 1.29 is 18.9 Å². The number of nitrogens with zero attached hydrogens (tertiary/aromatic N) is 2. The fourth-order valence-corrected chi connectivity index (χ4v) is 3.61. The molecule has 0 unspecified atom stereocenters. The Kier molecular flexibility index (Phi) is 5.36. The van der Waals surface area contributed by atoms with E-state index in [-0.39, 0.29) is 11.6 Å². The predicted octanol–water partition coefficient (Wildman–Crippen LogP) is 4.76. The minimum absolute atomic E-state index is 0.0216. The van der Waals surface area contributed by atoms with Gasteiger partial charge in [-0.15, -0.1) is 0 Å². The Labute approximate surface area is 175 Å². The highest BCUT2D eigenvalue weighted by atomic mass is 32.2. The van der Waals surface area contributed by atoms with E-state index in [2.05, 4.69) is 10.3 Å². The first kappa shape index (κ1) is 19.5. The molecule has 30 heavy (non-hydrogen) atoms. The van der Waals surface area contributed by atoms with Gasteiger partial charge in [0.2, 0.25) is 0 Å². The highest BCUT2D eigenvalue weighted by molar-refractivity contribution is 8.18. The van der Waals surface area contributed by atoms with Crippen LogP contribution in [0.4, 0.5) is 11.4 Å². The Morgan fingerprint density at radius 2 is 2.00 bits per heavy atom. The molecule has 3 aromatic rings. The Morgan fingerprint density at radius 3 is 2.80 bits per heavy atom. The molecule has 2 heterocycles. The van der Waals surface area contributed by atoms with E-state index in [1.165, 1.54) is 23.9 Å². The van der Waals surface area contributed by atoms with Gasteiger partial charge in [0.25, 0.3) is 11.6 Å². The zero-order valence-corrected chi connectivity index (χ0v) is 16.5. The van der Waals surface area contributed by atoms with Crippen LogP contribution in [0.1, 0.15) is 5.76 Å². The summed E-state index contributed by atoms with van der Waals surface area (Å²) in [4.78, 5) is 27.7. The van der Waals surface area contributed by atoms with Gasteiger partial charge in [0, 0.05) is 23.8 Å². The zero-order chi connectivity index (χ0) is 21.1. The van der Waals surface area contributed by atoms with Gasteiger partial charge in [-0.3, -0.25) is 14.9 Å². The molecule has 2 aromatic carbocycles. The number of rotatable bonds is 5. The third-order valence-electron chi connectivity index (χ3n) is 4.20. The van der Waals surface area contributed by atoms with Crippen LogP contribution in [-0.2, 0) is 4.79 Å². The van der Waals surface area contributed by atoms with Gasteiger partial charge in [0.1, 0.15) is 23.0 Å². The number of nitrogens with one attached hydrogen (secondary N) is 1. The molecule has 1 aliphatic rings. The summed E-state index contributed by atoms with van der Waals surface area (Å²) < 4.78 is 11.0. The summed E-state index contributed by atoms with van der Waals surface area (Å²) in [5.41, 5.74) is 1.16. The first-order chi connectivity index (χ1) is 14.5. The molecule has 1 aromatic heterocycles. The molecule has 8 nitrogen and oxygen atoms in total. The van der Waals surface area contributed by atoms with Gasteiger partial charge in [0.15, 0.2) is 5.17 Å². The first-order valence-electron chi connectivity index (χ1n) is 8.81. The van der Waals surface area contributed by atoms with Crippen molar-refractivity contribution in [1.29, 1.82) is 0 Å². The average Bonchev–Trinajstić information content (AvgIpc) is 3.35. The lowest BCUT2D eigenvalue weighted by molar-refractivity contribution is -0.384. The Morgan fingerprint density at radius 1 is 1.17 bits per heavy atom. The SMILES string of the molecule is COc1ccccc1N=C1NC(=O)/C(=C/c2ccc(-c3cccc([N+](=O)[O-])c3)o2)S1. The van der Waals surface area contributed by atoms with Crippen molar-refractivity contribution in [2.75, 3.05) is 7.11 Å². The standard InChI is InChI=1S/C21H15N3O5S/c1-28-18-8-3-2-7-16(18)22-21-23-20(25)19(30-21)12-15-9-10-17(29-15)13-5-4-6-14(11-13)24(26)27/h2-12H,1H3,(H,22,23,25)/b19-12-. The van der Waals surface area contributed by atoms with Gasteiger partial charge < -0.3 is 14.5 Å². The number of methoxy groups -OCH3 is 1. The molecule has 0 aliphatic carbocycles. The van der Waals surface area contributed by atoms with Crippen LogP contribution in [0.15, 0.2) is 75.0 Å². The lowest BCUT2D eigenvalue weighted by atomic mass is 10.1. The molecule has 1 aliphatic heterocycles. The van der Waals surface area contributed by atoms with Crippen LogP contribution in [0.5, 0.6) is 5.75 Å². The Bertz CT molecular complexity index is 1200. The maximum absolute atomic E-state index is 12.3. The summed E-state index contributed by atoms with van der Waals surface area (Å²) in [6.07, 6.45) is 1.60. The minimum atomic E-state index is -0.461. The van der Waals surface area contributed by atoms with Crippen molar-refractivity contribution in [1.82, 2.24) is 5.32 Å². The molecule has 150 valence electrons. The van der Waals surface area contributed by atoms with Gasteiger partial charge in [-0.05, 0) is 36.0 Å². The molecule has 0 atom stereocenters. The van der Waals surface area contributed by atoms with Crippen LogP contribution in [0, 0.1) is 10.1 Å². The van der Waals surface area contributed by atoms with E-state index in [4.69, 9.17) is 9.15 Å². The molecule has 0 saturated carbocycles. The van der Waals surface area contributed by atoms with Gasteiger partial charge in [-0.2, -0.15) is 0 Å². The number of ether oxygens (including phenoxy) is 1. The molecular weight excluding hydrogens is 406 g/mol. The third kappa shape index (κ3) is 4.11. The van der Waals surface area contributed by atoms with Crippen molar-refractivity contribution >= 4 is 40.3 Å². The van der Waals surface area contributed by atoms with Gasteiger partial charge in [-0.1, -0.05) is 24.3 Å². The lowest BCUT2D eigenvalue weighted by Crippen LogP contribution is -2.19. The number of aliphatic imine (C=N–C) groups is 1. The van der Waals surface area contributed by atoms with Gasteiger partial charge in [-0.25, -0.2) is 4.99 Å². The second-order valence-electron chi connectivity index (χ2n) is 6.16. The molecule has 1 fully saturated rings. The second kappa shape index (κ2) is 8.26. The summed E-state index contributed by atoms with van der Waals surface area (Å²) >= 11 is 1.18. The summed E-state index contributed by atoms with van der Waals surface area (Å²) in [6, 6.07) is 16.8. The van der Waals surface area contributed by atoms with E-state index >= 15 is 0 Å². The summed E-state index contributed by atoms with van der Waals surface area (Å²) in [5, 5.41) is 14.1. The summed E-state index contributed by atoms with van der Waals surface area (Å²) in [5.74, 6) is 1.23. The Balaban J connectivity index is 1.56. The highest BCUT2D eigenvalue weighted by Crippen LogP contribution is 2.33. The Hall–Kier alpha value is -3.85. The number of benzene rings is 2. The summed E-state index contributed by atoms with van der Waals surface area (Å²) in [6.45, 7) is 0. The number of nitro groups is 1. The number of furan rings is 1. The molecule has 0 bridgehead atoms. The number of carbonyl (C=O) groups is 1. The van der Waals surface area contributed by atoms with E-state index in [9.17, 15) is 14.9 Å². The number of non-ortho nitro benzene ring substituents is 1. The molecule has 1 amide bonds. The van der Waals surface area contributed by atoms with Crippen molar-refractivity contribution in [3.8, 4) is 17.1 Å². The predicted molar refractivity (Wildman–Crippen MR) is 115 cm³/mol. The third-order valence-corrected chi connectivity index (χ3v) is 5.11. The molecular formula is C21H15N3O5S. The zero-order valence-electron chi connectivity index (χ0n) is 15.7.